The Kier molecular flexibility index (Phi) is 1.96. The van der Waals surface area contributed by atoms with Gasteiger partial charge in [0.25, 0.3) is 0 Å². The number of hydrogen-bond acceptors (Lipinski definition) is 2. The van der Waals surface area contributed by atoms with Crippen molar-refractivity contribution in [2.45, 2.75) is 0 Å². The molecule has 0 saturated heterocycles. The zero-order chi connectivity index (χ0) is 10.1. The highest BCUT2D eigenvalue weighted by Crippen LogP contribution is 2.18. The summed E-state index contributed by atoms with van der Waals surface area (Å²) in [6.07, 6.45) is 3.86. The standard InChI is InChI=1S/C12H9N2S/c1-2-5-10(6-3-1)11-9-15-12-13-7-4-8-14(11)12/h1-9H/q+1. The van der Waals surface area contributed by atoms with Gasteiger partial charge in [0.15, 0.2) is 5.69 Å². The number of nitrogens with zero attached hydrogens (tertiary/aromatic N) is 2. The summed E-state index contributed by atoms with van der Waals surface area (Å²) in [5.74, 6) is 0. The molecule has 0 fully saturated rings. The molecule has 0 radical (unpaired) electrons. The van der Waals surface area contributed by atoms with E-state index >= 15 is 0 Å². The van der Waals surface area contributed by atoms with Gasteiger partial charge < -0.3 is 0 Å². The Morgan fingerprint density at radius 2 is 1.93 bits per heavy atom. The lowest BCUT2D eigenvalue weighted by Crippen LogP contribution is -2.21. The Labute approximate surface area is 91.5 Å². The molecule has 0 amide bonds. The van der Waals surface area contributed by atoms with Crippen LogP contribution < -0.4 is 4.40 Å². The minimum Gasteiger partial charge on any atom is -0.186 e. The van der Waals surface area contributed by atoms with Crippen LogP contribution in [-0.2, 0) is 0 Å². The van der Waals surface area contributed by atoms with Crippen LogP contribution in [0.5, 0.6) is 0 Å². The minimum atomic E-state index is 1.02. The number of thiazole rings is 1. The Morgan fingerprint density at radius 3 is 2.80 bits per heavy atom. The lowest BCUT2D eigenvalue weighted by atomic mass is 10.2. The van der Waals surface area contributed by atoms with Crippen LogP contribution in [0.1, 0.15) is 0 Å². The Bertz CT molecular complexity index is 587. The molecular weight excluding hydrogens is 204 g/mol. The lowest BCUT2D eigenvalue weighted by Gasteiger charge is -1.94. The van der Waals surface area contributed by atoms with Crippen molar-refractivity contribution in [1.82, 2.24) is 4.98 Å². The van der Waals surface area contributed by atoms with E-state index in [1.54, 1.807) is 11.3 Å². The summed E-state index contributed by atoms with van der Waals surface area (Å²) in [5, 5.41) is 2.14. The fourth-order valence-corrected chi connectivity index (χ4v) is 2.47. The Hall–Kier alpha value is -1.74. The number of hydrogen-bond donors (Lipinski definition) is 0. The molecule has 0 bridgehead atoms. The Morgan fingerprint density at radius 1 is 1.07 bits per heavy atom. The maximum absolute atomic E-state index is 4.31. The second kappa shape index (κ2) is 3.44. The molecule has 72 valence electrons. The maximum atomic E-state index is 4.31. The van der Waals surface area contributed by atoms with Crippen LogP contribution in [0.15, 0.2) is 54.2 Å². The fraction of sp³-hybridized carbons (Fsp3) is 0. The third-order valence-corrected chi connectivity index (χ3v) is 3.17. The second-order valence-corrected chi connectivity index (χ2v) is 4.10. The van der Waals surface area contributed by atoms with Crippen LogP contribution >= 0.6 is 11.3 Å². The van der Waals surface area contributed by atoms with Crippen LogP contribution in [0, 0.1) is 0 Å². The van der Waals surface area contributed by atoms with Gasteiger partial charge in [-0.05, 0) is 4.98 Å². The molecular formula is C12H9N2S+. The van der Waals surface area contributed by atoms with E-state index in [4.69, 9.17) is 0 Å². The van der Waals surface area contributed by atoms with Crippen LogP contribution in [0.25, 0.3) is 16.2 Å². The zero-order valence-electron chi connectivity index (χ0n) is 8.00. The molecule has 0 saturated carbocycles. The average Bonchev–Trinajstić information content (AvgIpc) is 2.74. The largest absolute Gasteiger partial charge is 0.387 e. The maximum Gasteiger partial charge on any atom is 0.387 e. The summed E-state index contributed by atoms with van der Waals surface area (Å²) >= 11 is 1.66. The summed E-state index contributed by atoms with van der Waals surface area (Å²) in [6, 6.07) is 12.3. The molecule has 2 heterocycles. The van der Waals surface area contributed by atoms with Gasteiger partial charge in [-0.25, -0.2) is 0 Å². The molecule has 0 atom stereocenters. The third kappa shape index (κ3) is 1.41. The van der Waals surface area contributed by atoms with Gasteiger partial charge in [-0.3, -0.25) is 0 Å². The van der Waals surface area contributed by atoms with E-state index in [1.807, 2.05) is 24.5 Å². The first-order valence-electron chi connectivity index (χ1n) is 4.74. The van der Waals surface area contributed by atoms with Gasteiger partial charge in [-0.1, -0.05) is 41.7 Å². The van der Waals surface area contributed by atoms with Gasteiger partial charge in [0, 0.05) is 17.0 Å². The normalized spacial score (nSPS) is 10.7. The van der Waals surface area contributed by atoms with Crippen molar-refractivity contribution in [3.05, 3.63) is 54.2 Å². The van der Waals surface area contributed by atoms with Gasteiger partial charge in [-0.2, -0.15) is 4.40 Å². The zero-order valence-corrected chi connectivity index (χ0v) is 8.82. The molecule has 0 aliphatic carbocycles. The first-order valence-corrected chi connectivity index (χ1v) is 5.62. The van der Waals surface area contributed by atoms with E-state index in [9.17, 15) is 0 Å². The van der Waals surface area contributed by atoms with Gasteiger partial charge in [-0.15, -0.1) is 0 Å². The van der Waals surface area contributed by atoms with E-state index in [1.165, 1.54) is 11.3 Å². The highest BCUT2D eigenvalue weighted by molar-refractivity contribution is 7.14. The molecule has 3 aromatic rings. The highest BCUT2D eigenvalue weighted by atomic mass is 32.1. The van der Waals surface area contributed by atoms with Crippen molar-refractivity contribution in [1.29, 1.82) is 0 Å². The predicted octanol–water partition coefficient (Wildman–Crippen LogP) is 2.55. The topological polar surface area (TPSA) is 17.0 Å². The third-order valence-electron chi connectivity index (χ3n) is 2.32. The van der Waals surface area contributed by atoms with Crippen LogP contribution in [0.3, 0.4) is 0 Å². The second-order valence-electron chi connectivity index (χ2n) is 3.26. The smallest absolute Gasteiger partial charge is 0.186 e. The molecule has 2 nitrogen and oxygen atoms in total. The van der Waals surface area contributed by atoms with E-state index < -0.39 is 0 Å². The monoisotopic (exact) mass is 213 g/mol. The molecule has 15 heavy (non-hydrogen) atoms. The van der Waals surface area contributed by atoms with Gasteiger partial charge >= 0.3 is 4.96 Å². The molecule has 1 aromatic carbocycles. The first-order chi connectivity index (χ1) is 7.45. The molecule has 3 rings (SSSR count). The number of aromatic nitrogens is 2. The molecule has 0 aliphatic heterocycles. The average molecular weight is 213 g/mol. The summed E-state index contributed by atoms with van der Waals surface area (Å²) in [4.78, 5) is 5.33. The quantitative estimate of drug-likeness (QED) is 0.568. The van der Waals surface area contributed by atoms with E-state index in [0.29, 0.717) is 0 Å². The lowest BCUT2D eigenvalue weighted by molar-refractivity contribution is -0.497. The summed E-state index contributed by atoms with van der Waals surface area (Å²) < 4.78 is 2.11. The molecule has 0 spiro atoms. The SMILES string of the molecule is c1ccc(-c2csc3nccc[n+]23)cc1. The van der Waals surface area contributed by atoms with Crippen molar-refractivity contribution in [3.63, 3.8) is 0 Å². The first kappa shape index (κ1) is 8.56. The van der Waals surface area contributed by atoms with E-state index in [0.717, 1.165) is 4.96 Å². The predicted molar refractivity (Wildman–Crippen MR) is 60.7 cm³/mol. The van der Waals surface area contributed by atoms with Gasteiger partial charge in [0.1, 0.15) is 12.4 Å². The van der Waals surface area contributed by atoms with Gasteiger partial charge in [0.05, 0.1) is 0 Å². The van der Waals surface area contributed by atoms with Crippen molar-refractivity contribution in [2.24, 2.45) is 0 Å². The molecule has 3 heteroatoms. The van der Waals surface area contributed by atoms with E-state index in [2.05, 4.69) is 39.0 Å². The van der Waals surface area contributed by atoms with Crippen molar-refractivity contribution >= 4 is 16.3 Å². The number of rotatable bonds is 1. The van der Waals surface area contributed by atoms with Crippen LogP contribution in [0.2, 0.25) is 0 Å². The molecule has 0 unspecified atom stereocenters. The highest BCUT2D eigenvalue weighted by Gasteiger charge is 2.11. The van der Waals surface area contributed by atoms with E-state index in [-0.39, 0.29) is 0 Å². The van der Waals surface area contributed by atoms with Crippen molar-refractivity contribution in [2.75, 3.05) is 0 Å². The molecule has 2 aromatic heterocycles. The number of benzene rings is 1. The minimum absolute atomic E-state index is 1.02. The van der Waals surface area contributed by atoms with Crippen molar-refractivity contribution < 1.29 is 4.40 Å². The molecule has 0 N–H and O–H groups in total. The summed E-state index contributed by atoms with van der Waals surface area (Å²) in [6.45, 7) is 0. The van der Waals surface area contributed by atoms with Crippen LogP contribution in [0.4, 0.5) is 0 Å². The summed E-state index contributed by atoms with van der Waals surface area (Å²) in [5.41, 5.74) is 2.42. The summed E-state index contributed by atoms with van der Waals surface area (Å²) in [7, 11) is 0. The fourth-order valence-electron chi connectivity index (χ4n) is 1.61. The molecule has 0 aliphatic rings. The van der Waals surface area contributed by atoms with Crippen LogP contribution in [-0.4, -0.2) is 4.98 Å². The number of fused-ring (bicyclic) bond motifs is 1. The van der Waals surface area contributed by atoms with Crippen molar-refractivity contribution in [3.8, 4) is 11.3 Å². The Balaban J connectivity index is 2.28. The van der Waals surface area contributed by atoms with Gasteiger partial charge in [0.2, 0.25) is 0 Å².